The quantitative estimate of drug-likeness (QED) is 0.181. The molecule has 0 aliphatic rings. The van der Waals surface area contributed by atoms with E-state index in [9.17, 15) is 18.3 Å². The molecule has 3 atom stereocenters. The van der Waals surface area contributed by atoms with Gasteiger partial charge in [-0.2, -0.15) is 0 Å². The van der Waals surface area contributed by atoms with E-state index in [1.165, 1.54) is 7.11 Å². The summed E-state index contributed by atoms with van der Waals surface area (Å²) in [6, 6.07) is 23.4. The average Bonchev–Trinajstić information content (AvgIpc) is 3.02. The fraction of sp³-hybridized carbons (Fsp3) is 0.441. The highest BCUT2D eigenvalue weighted by molar-refractivity contribution is 7.91. The van der Waals surface area contributed by atoms with Crippen LogP contribution in [0.4, 0.5) is 0 Å². The van der Waals surface area contributed by atoms with Crippen LogP contribution in [0, 0.1) is 5.92 Å². The van der Waals surface area contributed by atoms with E-state index < -0.39 is 34.0 Å². The second-order valence-electron chi connectivity index (χ2n) is 11.3. The van der Waals surface area contributed by atoms with Gasteiger partial charge in [-0.1, -0.05) is 62.4 Å². The van der Waals surface area contributed by atoms with Crippen LogP contribution in [0.1, 0.15) is 37.8 Å². The summed E-state index contributed by atoms with van der Waals surface area (Å²) in [5.41, 5.74) is 1.93. The Bertz CT molecular complexity index is 1400. The van der Waals surface area contributed by atoms with Crippen LogP contribution in [0.2, 0.25) is 0 Å². The molecule has 1 amide bonds. The van der Waals surface area contributed by atoms with Crippen molar-refractivity contribution in [1.29, 1.82) is 0 Å². The van der Waals surface area contributed by atoms with Gasteiger partial charge in [0.25, 0.3) is 5.91 Å². The molecule has 3 aromatic carbocycles. The van der Waals surface area contributed by atoms with Crippen molar-refractivity contribution >= 4 is 15.7 Å². The Morgan fingerprint density at radius 2 is 1.43 bits per heavy atom. The highest BCUT2D eigenvalue weighted by atomic mass is 32.2. The number of aliphatic hydroxyl groups excluding tert-OH is 1. The van der Waals surface area contributed by atoms with Crippen molar-refractivity contribution in [3.05, 3.63) is 90.0 Å². The minimum Gasteiger partial charge on any atom is -0.497 e. The predicted molar refractivity (Wildman–Crippen MR) is 173 cm³/mol. The third-order valence-electron chi connectivity index (χ3n) is 7.22. The first-order chi connectivity index (χ1) is 21.1. The Morgan fingerprint density at radius 1 is 0.818 bits per heavy atom. The molecule has 0 aliphatic heterocycles. The van der Waals surface area contributed by atoms with Crippen LogP contribution in [0.3, 0.4) is 0 Å². The van der Waals surface area contributed by atoms with Gasteiger partial charge in [-0.3, -0.25) is 4.79 Å². The van der Waals surface area contributed by atoms with Crippen LogP contribution < -0.4 is 24.8 Å². The molecular weight excluding hydrogens is 580 g/mol. The van der Waals surface area contributed by atoms with Crippen molar-refractivity contribution in [3.63, 3.8) is 0 Å². The van der Waals surface area contributed by atoms with Gasteiger partial charge in [-0.05, 0) is 54.2 Å². The Hall–Kier alpha value is -3.60. The molecule has 0 saturated heterocycles. The number of amides is 1. The predicted octanol–water partition coefficient (Wildman–Crippen LogP) is 4.18. The molecule has 240 valence electrons. The summed E-state index contributed by atoms with van der Waals surface area (Å²) >= 11 is 0. The maximum absolute atomic E-state index is 13.7. The highest BCUT2D eigenvalue weighted by Gasteiger charge is 2.29. The molecule has 0 spiro atoms. The van der Waals surface area contributed by atoms with Gasteiger partial charge in [0.05, 0.1) is 37.9 Å². The first kappa shape index (κ1) is 34.9. The van der Waals surface area contributed by atoms with Crippen molar-refractivity contribution in [2.45, 2.75) is 57.9 Å². The minimum absolute atomic E-state index is 0.0360. The number of ether oxygens (including phenoxy) is 3. The maximum atomic E-state index is 13.7. The van der Waals surface area contributed by atoms with Gasteiger partial charge >= 0.3 is 0 Å². The third-order valence-corrected chi connectivity index (χ3v) is 8.93. The van der Waals surface area contributed by atoms with Gasteiger partial charge in [0.2, 0.25) is 0 Å². The lowest BCUT2D eigenvalue weighted by atomic mass is 10.0. The SMILES string of the molecule is COc1cccc(CNCC(O)C(Cc2ccccc2)NC(=O)C(CCS(=O)(=O)CCC(C)C)Oc2cccc(OC)c2)c1. The Balaban J connectivity index is 1.76. The summed E-state index contributed by atoms with van der Waals surface area (Å²) < 4.78 is 42.2. The van der Waals surface area contributed by atoms with Crippen LogP contribution in [0.5, 0.6) is 17.2 Å². The van der Waals surface area contributed by atoms with Crippen molar-refractivity contribution in [3.8, 4) is 17.2 Å². The fourth-order valence-electron chi connectivity index (χ4n) is 4.60. The van der Waals surface area contributed by atoms with Gasteiger partial charge in [-0.25, -0.2) is 8.42 Å². The molecular formula is C34H46N2O7S. The number of sulfone groups is 1. The van der Waals surface area contributed by atoms with Gasteiger partial charge < -0.3 is 30.0 Å². The fourth-order valence-corrected chi connectivity index (χ4v) is 6.21. The number of nitrogens with one attached hydrogen (secondary N) is 2. The number of aliphatic hydroxyl groups is 1. The molecule has 0 aromatic heterocycles. The van der Waals surface area contributed by atoms with Crippen molar-refractivity contribution in [2.75, 3.05) is 32.3 Å². The standard InChI is InChI=1S/C34H46N2O7S/c1-25(2)16-18-44(39,40)19-17-33(43-30-15-9-14-29(22-30)42-4)34(38)36-31(21-26-10-6-5-7-11-26)32(37)24-35-23-27-12-8-13-28(20-27)41-3/h5-15,20,22,25,31-33,35,37H,16-19,21,23-24H2,1-4H3,(H,36,38). The lowest BCUT2D eigenvalue weighted by Crippen LogP contribution is -2.52. The van der Waals surface area contributed by atoms with Crippen molar-refractivity contribution < 1.29 is 32.5 Å². The zero-order valence-corrected chi connectivity index (χ0v) is 26.9. The molecule has 0 radical (unpaired) electrons. The number of benzene rings is 3. The van der Waals surface area contributed by atoms with E-state index in [-0.39, 0.29) is 30.4 Å². The third kappa shape index (κ3) is 12.2. The van der Waals surface area contributed by atoms with E-state index in [0.717, 1.165) is 16.9 Å². The van der Waals surface area contributed by atoms with Crippen LogP contribution in [0.25, 0.3) is 0 Å². The van der Waals surface area contributed by atoms with Gasteiger partial charge in [0.15, 0.2) is 6.10 Å². The van der Waals surface area contributed by atoms with Crippen molar-refractivity contribution in [1.82, 2.24) is 10.6 Å². The minimum atomic E-state index is -3.40. The lowest BCUT2D eigenvalue weighted by Gasteiger charge is -2.27. The van der Waals surface area contributed by atoms with E-state index in [0.29, 0.717) is 30.9 Å². The smallest absolute Gasteiger partial charge is 0.261 e. The van der Waals surface area contributed by atoms with Crippen LogP contribution in [-0.4, -0.2) is 70.0 Å². The molecule has 3 aromatic rings. The Morgan fingerprint density at radius 3 is 2.11 bits per heavy atom. The number of hydrogen-bond acceptors (Lipinski definition) is 8. The average molecular weight is 627 g/mol. The molecule has 0 aliphatic carbocycles. The number of carbonyl (C=O) groups is 1. The van der Waals surface area contributed by atoms with E-state index >= 15 is 0 Å². The molecule has 10 heteroatoms. The molecule has 0 saturated carbocycles. The highest BCUT2D eigenvalue weighted by Crippen LogP contribution is 2.22. The lowest BCUT2D eigenvalue weighted by molar-refractivity contribution is -0.129. The second-order valence-corrected chi connectivity index (χ2v) is 13.6. The molecule has 9 nitrogen and oxygen atoms in total. The summed E-state index contributed by atoms with van der Waals surface area (Å²) in [7, 11) is -0.259. The first-order valence-electron chi connectivity index (χ1n) is 15.0. The molecule has 0 bridgehead atoms. The molecule has 44 heavy (non-hydrogen) atoms. The first-order valence-corrected chi connectivity index (χ1v) is 16.8. The zero-order valence-electron chi connectivity index (χ0n) is 26.1. The molecule has 0 heterocycles. The van der Waals surface area contributed by atoms with Crippen molar-refractivity contribution in [2.24, 2.45) is 5.92 Å². The number of methoxy groups -OCH3 is 2. The largest absolute Gasteiger partial charge is 0.497 e. The van der Waals surface area contributed by atoms with Gasteiger partial charge in [0.1, 0.15) is 27.1 Å². The summed E-state index contributed by atoms with van der Waals surface area (Å²) in [5, 5.41) is 17.5. The maximum Gasteiger partial charge on any atom is 0.261 e. The number of carbonyl (C=O) groups excluding carboxylic acids is 1. The topological polar surface area (TPSA) is 123 Å². The molecule has 3 unspecified atom stereocenters. The number of hydrogen-bond donors (Lipinski definition) is 3. The summed E-state index contributed by atoms with van der Waals surface area (Å²) in [4.78, 5) is 13.7. The van der Waals surface area contributed by atoms with Crippen LogP contribution in [0.15, 0.2) is 78.9 Å². The summed E-state index contributed by atoms with van der Waals surface area (Å²) in [6.45, 7) is 4.65. The van der Waals surface area contributed by atoms with Crippen LogP contribution >= 0.6 is 0 Å². The zero-order chi connectivity index (χ0) is 32.0. The van der Waals surface area contributed by atoms with Gasteiger partial charge in [0, 0.05) is 25.6 Å². The van der Waals surface area contributed by atoms with E-state index in [2.05, 4.69) is 10.6 Å². The molecule has 3 rings (SSSR count). The normalized spacial score (nSPS) is 13.6. The van der Waals surface area contributed by atoms with Crippen LogP contribution in [-0.2, 0) is 27.6 Å². The Labute approximate surface area is 261 Å². The monoisotopic (exact) mass is 626 g/mol. The summed E-state index contributed by atoms with van der Waals surface area (Å²) in [5.74, 6) is 1.26. The van der Waals surface area contributed by atoms with E-state index in [1.807, 2.05) is 68.4 Å². The Kier molecular flexibility index (Phi) is 14.0. The number of rotatable bonds is 19. The summed E-state index contributed by atoms with van der Waals surface area (Å²) in [6.07, 6.45) is -1.17. The van der Waals surface area contributed by atoms with Gasteiger partial charge in [-0.15, -0.1) is 0 Å². The second kappa shape index (κ2) is 17.6. The molecule has 0 fully saturated rings. The molecule has 3 N–H and O–H groups in total. The van der Waals surface area contributed by atoms with E-state index in [1.54, 1.807) is 31.4 Å². The van der Waals surface area contributed by atoms with E-state index in [4.69, 9.17) is 14.2 Å².